The monoisotopic (exact) mass is 495 g/mol. The molecule has 0 aliphatic heterocycles. The number of halogens is 2. The van der Waals surface area contributed by atoms with Gasteiger partial charge in [0.15, 0.2) is 18.1 Å². The molecule has 0 radical (unpaired) electrons. The first-order chi connectivity index (χ1) is 15.8. The van der Waals surface area contributed by atoms with Crippen molar-refractivity contribution in [2.45, 2.75) is 20.3 Å². The van der Waals surface area contributed by atoms with Gasteiger partial charge in [-0.2, -0.15) is 5.10 Å². The number of nitrogens with zero attached hydrogens (tertiary/aromatic N) is 1. The van der Waals surface area contributed by atoms with Gasteiger partial charge in [0.25, 0.3) is 0 Å². The summed E-state index contributed by atoms with van der Waals surface area (Å²) in [6.45, 7) is 3.89. The van der Waals surface area contributed by atoms with Gasteiger partial charge in [-0.05, 0) is 49.7 Å². The SMILES string of the molecule is CCOC(=O)COc1ccc(C=NNC(=O)CC(=O)Nc2cccc(Cl)c2Cl)cc1OCC. The van der Waals surface area contributed by atoms with E-state index >= 15 is 0 Å². The normalized spacial score (nSPS) is 10.5. The molecule has 0 aliphatic rings. The van der Waals surface area contributed by atoms with Gasteiger partial charge in [-0.1, -0.05) is 29.3 Å². The van der Waals surface area contributed by atoms with Gasteiger partial charge in [0, 0.05) is 0 Å². The zero-order valence-corrected chi connectivity index (χ0v) is 19.5. The fraction of sp³-hybridized carbons (Fsp3) is 0.273. The number of anilines is 1. The lowest BCUT2D eigenvalue weighted by Gasteiger charge is -2.12. The van der Waals surface area contributed by atoms with Crippen LogP contribution in [0.4, 0.5) is 5.69 Å². The van der Waals surface area contributed by atoms with Crippen molar-refractivity contribution in [3.05, 3.63) is 52.0 Å². The van der Waals surface area contributed by atoms with Crippen LogP contribution in [-0.2, 0) is 19.1 Å². The highest BCUT2D eigenvalue weighted by Crippen LogP contribution is 2.30. The average Bonchev–Trinajstić information content (AvgIpc) is 2.77. The van der Waals surface area contributed by atoms with Crippen LogP contribution in [0.1, 0.15) is 25.8 Å². The Balaban J connectivity index is 1.91. The minimum Gasteiger partial charge on any atom is -0.490 e. The fourth-order valence-electron chi connectivity index (χ4n) is 2.49. The zero-order valence-electron chi connectivity index (χ0n) is 18.0. The lowest BCUT2D eigenvalue weighted by molar-refractivity contribution is -0.145. The highest BCUT2D eigenvalue weighted by Gasteiger charge is 2.12. The van der Waals surface area contributed by atoms with Crippen LogP contribution >= 0.6 is 23.2 Å². The zero-order chi connectivity index (χ0) is 24.2. The van der Waals surface area contributed by atoms with Crippen molar-refractivity contribution in [3.63, 3.8) is 0 Å². The predicted molar refractivity (Wildman–Crippen MR) is 125 cm³/mol. The van der Waals surface area contributed by atoms with E-state index < -0.39 is 24.2 Å². The van der Waals surface area contributed by atoms with Crippen molar-refractivity contribution in [1.29, 1.82) is 0 Å². The van der Waals surface area contributed by atoms with Gasteiger partial charge in [-0.15, -0.1) is 0 Å². The van der Waals surface area contributed by atoms with Crippen molar-refractivity contribution in [2.24, 2.45) is 5.10 Å². The van der Waals surface area contributed by atoms with Gasteiger partial charge in [-0.25, -0.2) is 10.2 Å². The third-order valence-electron chi connectivity index (χ3n) is 3.87. The third-order valence-corrected chi connectivity index (χ3v) is 4.69. The van der Waals surface area contributed by atoms with E-state index in [-0.39, 0.29) is 23.3 Å². The van der Waals surface area contributed by atoms with E-state index in [1.165, 1.54) is 6.21 Å². The third kappa shape index (κ3) is 8.63. The smallest absolute Gasteiger partial charge is 0.344 e. The summed E-state index contributed by atoms with van der Waals surface area (Å²) in [6.07, 6.45) is 0.909. The topological polar surface area (TPSA) is 115 Å². The number of amides is 2. The predicted octanol–water partition coefficient (Wildman–Crippen LogP) is 3.81. The number of rotatable bonds is 11. The molecule has 0 fully saturated rings. The van der Waals surface area contributed by atoms with Crippen molar-refractivity contribution in [3.8, 4) is 11.5 Å². The van der Waals surface area contributed by atoms with Crippen LogP contribution in [0.15, 0.2) is 41.5 Å². The number of carbonyl (C=O) groups excluding carboxylic acids is 3. The molecule has 2 rings (SSSR count). The Hall–Kier alpha value is -3.30. The number of hydrazone groups is 1. The Bertz CT molecular complexity index is 1030. The molecule has 0 unspecified atom stereocenters. The molecule has 2 amide bonds. The van der Waals surface area contributed by atoms with Crippen molar-refractivity contribution in [2.75, 3.05) is 25.1 Å². The number of nitrogens with one attached hydrogen (secondary N) is 2. The Morgan fingerprint density at radius 1 is 1.00 bits per heavy atom. The Labute approximate surface area is 201 Å². The molecule has 0 saturated carbocycles. The fourth-order valence-corrected chi connectivity index (χ4v) is 2.84. The molecule has 0 spiro atoms. The standard InChI is InChI=1S/C22H23Cl2N3O6/c1-3-31-18-10-14(8-9-17(18)33-13-21(30)32-4-2)12-25-27-20(29)11-19(28)26-16-7-5-6-15(23)22(16)24/h5-10,12H,3-4,11,13H2,1-2H3,(H,26,28)(H,27,29). The summed E-state index contributed by atoms with van der Waals surface area (Å²) in [4.78, 5) is 35.5. The molecular formula is C22H23Cl2N3O6. The molecule has 2 aromatic rings. The van der Waals surface area contributed by atoms with E-state index in [1.54, 1.807) is 50.2 Å². The number of hydrogen-bond donors (Lipinski definition) is 2. The summed E-state index contributed by atoms with van der Waals surface area (Å²) in [5, 5.41) is 6.83. The van der Waals surface area contributed by atoms with Crippen LogP contribution < -0.4 is 20.2 Å². The molecule has 33 heavy (non-hydrogen) atoms. The number of esters is 1. The van der Waals surface area contributed by atoms with E-state index in [2.05, 4.69) is 15.8 Å². The molecule has 2 N–H and O–H groups in total. The molecule has 0 heterocycles. The highest BCUT2D eigenvalue weighted by atomic mass is 35.5. The molecule has 176 valence electrons. The largest absolute Gasteiger partial charge is 0.490 e. The van der Waals surface area contributed by atoms with Crippen LogP contribution in [0.2, 0.25) is 10.0 Å². The second kappa shape index (κ2) is 13.3. The molecular weight excluding hydrogens is 473 g/mol. The maximum Gasteiger partial charge on any atom is 0.344 e. The van der Waals surface area contributed by atoms with Gasteiger partial charge >= 0.3 is 5.97 Å². The quantitative estimate of drug-likeness (QED) is 0.212. The summed E-state index contributed by atoms with van der Waals surface area (Å²) in [6, 6.07) is 9.67. The van der Waals surface area contributed by atoms with Gasteiger partial charge < -0.3 is 19.5 Å². The van der Waals surface area contributed by atoms with Crippen LogP contribution in [0.25, 0.3) is 0 Å². The number of carbonyl (C=O) groups is 3. The molecule has 0 aliphatic carbocycles. The molecule has 0 bridgehead atoms. The van der Waals surface area contributed by atoms with Gasteiger partial charge in [0.2, 0.25) is 11.8 Å². The van der Waals surface area contributed by atoms with Crippen molar-refractivity contribution < 1.29 is 28.6 Å². The maximum absolute atomic E-state index is 12.0. The lowest BCUT2D eigenvalue weighted by atomic mass is 10.2. The molecule has 0 aromatic heterocycles. The minimum absolute atomic E-state index is 0.186. The molecule has 11 heteroatoms. The lowest BCUT2D eigenvalue weighted by Crippen LogP contribution is -2.24. The summed E-state index contributed by atoms with van der Waals surface area (Å²) in [7, 11) is 0. The van der Waals surface area contributed by atoms with E-state index in [1.807, 2.05) is 0 Å². The molecule has 0 atom stereocenters. The first-order valence-electron chi connectivity index (χ1n) is 9.95. The van der Waals surface area contributed by atoms with Gasteiger partial charge in [0.05, 0.1) is 35.2 Å². The van der Waals surface area contributed by atoms with Crippen LogP contribution in [-0.4, -0.2) is 43.8 Å². The summed E-state index contributed by atoms with van der Waals surface area (Å²) in [5.74, 6) is -0.929. The van der Waals surface area contributed by atoms with E-state index in [4.69, 9.17) is 37.4 Å². The molecule has 2 aromatic carbocycles. The summed E-state index contributed by atoms with van der Waals surface area (Å²) in [5.41, 5.74) is 3.17. The Morgan fingerprint density at radius 3 is 2.52 bits per heavy atom. The summed E-state index contributed by atoms with van der Waals surface area (Å²) >= 11 is 11.9. The molecule has 9 nitrogen and oxygen atoms in total. The van der Waals surface area contributed by atoms with Gasteiger partial charge in [-0.3, -0.25) is 9.59 Å². The summed E-state index contributed by atoms with van der Waals surface area (Å²) < 4.78 is 15.8. The Morgan fingerprint density at radius 2 is 1.79 bits per heavy atom. The Kier molecular flexibility index (Phi) is 10.5. The van der Waals surface area contributed by atoms with E-state index in [9.17, 15) is 14.4 Å². The second-order valence-corrected chi connectivity index (χ2v) is 7.14. The molecule has 0 saturated heterocycles. The second-order valence-electron chi connectivity index (χ2n) is 6.35. The van der Waals surface area contributed by atoms with Crippen molar-refractivity contribution >= 4 is 52.9 Å². The van der Waals surface area contributed by atoms with Crippen LogP contribution in [0.3, 0.4) is 0 Å². The van der Waals surface area contributed by atoms with Gasteiger partial charge in [0.1, 0.15) is 6.42 Å². The first kappa shape index (κ1) is 26.0. The van der Waals surface area contributed by atoms with Crippen LogP contribution in [0, 0.1) is 0 Å². The number of hydrogen-bond acceptors (Lipinski definition) is 7. The van der Waals surface area contributed by atoms with Crippen molar-refractivity contribution in [1.82, 2.24) is 5.43 Å². The minimum atomic E-state index is -0.624. The maximum atomic E-state index is 12.0. The number of benzene rings is 2. The number of ether oxygens (including phenoxy) is 3. The highest BCUT2D eigenvalue weighted by molar-refractivity contribution is 6.44. The average molecular weight is 496 g/mol. The first-order valence-corrected chi connectivity index (χ1v) is 10.7. The van der Waals surface area contributed by atoms with E-state index in [0.29, 0.717) is 29.4 Å². The van der Waals surface area contributed by atoms with E-state index in [0.717, 1.165) is 0 Å². The van der Waals surface area contributed by atoms with Crippen LogP contribution in [0.5, 0.6) is 11.5 Å².